The molecule has 0 amide bonds. The third-order valence-corrected chi connectivity index (χ3v) is 7.09. The molecule has 2 aromatic heterocycles. The molecule has 3 heterocycles. The second kappa shape index (κ2) is 10.8. The van der Waals surface area contributed by atoms with Crippen molar-refractivity contribution >= 4 is 33.1 Å². The van der Waals surface area contributed by atoms with Crippen LogP contribution in [0.4, 0.5) is 10.9 Å². The maximum atomic E-state index is 5.82. The standard InChI is InChI=1S/C27H34N6S/c1-5-6-21(8-7-19(2)33-13-11-32(4)12-14-33)20(3)31-26-16-24-15-22(9-10-23(24)17-29-26)25-18-30-27(28)34-25/h6-10,15-18,20H,2,5,11-14H2,1,3-4H3,(H2,28,30)(H,29,31)/b8-7-,21-6+. The summed E-state index contributed by atoms with van der Waals surface area (Å²) in [7, 11) is 2.17. The average molecular weight is 475 g/mol. The number of thiazole rings is 1. The van der Waals surface area contributed by atoms with Crippen molar-refractivity contribution in [2.45, 2.75) is 26.3 Å². The van der Waals surface area contributed by atoms with Gasteiger partial charge in [0.25, 0.3) is 0 Å². The Kier molecular flexibility index (Phi) is 7.65. The summed E-state index contributed by atoms with van der Waals surface area (Å²) < 4.78 is 0. The van der Waals surface area contributed by atoms with Gasteiger partial charge in [-0.2, -0.15) is 0 Å². The first-order valence-corrected chi connectivity index (χ1v) is 12.6. The van der Waals surface area contributed by atoms with Gasteiger partial charge in [0.2, 0.25) is 0 Å². The third-order valence-electron chi connectivity index (χ3n) is 6.21. The first-order chi connectivity index (χ1) is 16.4. The van der Waals surface area contributed by atoms with Crippen LogP contribution in [0.25, 0.3) is 21.2 Å². The molecule has 0 radical (unpaired) electrons. The number of rotatable bonds is 8. The highest BCUT2D eigenvalue weighted by Crippen LogP contribution is 2.30. The Balaban J connectivity index is 1.47. The van der Waals surface area contributed by atoms with Crippen LogP contribution in [0.3, 0.4) is 0 Å². The van der Waals surface area contributed by atoms with Crippen LogP contribution in [0.15, 0.2) is 72.7 Å². The van der Waals surface area contributed by atoms with E-state index in [1.54, 1.807) is 0 Å². The Morgan fingerprint density at radius 2 is 1.94 bits per heavy atom. The van der Waals surface area contributed by atoms with Gasteiger partial charge in [-0.25, -0.2) is 9.97 Å². The van der Waals surface area contributed by atoms with Crippen LogP contribution < -0.4 is 11.1 Å². The molecule has 7 heteroatoms. The van der Waals surface area contributed by atoms with Gasteiger partial charge < -0.3 is 20.9 Å². The summed E-state index contributed by atoms with van der Waals surface area (Å²) in [5.74, 6) is 0.856. The van der Waals surface area contributed by atoms with E-state index in [9.17, 15) is 0 Å². The first kappa shape index (κ1) is 24.0. The van der Waals surface area contributed by atoms with Gasteiger partial charge in [-0.05, 0) is 55.1 Å². The number of nitrogen functional groups attached to an aromatic ring is 1. The van der Waals surface area contributed by atoms with E-state index >= 15 is 0 Å². The van der Waals surface area contributed by atoms with Gasteiger partial charge in [0, 0.05) is 55.7 Å². The molecule has 0 saturated carbocycles. The lowest BCUT2D eigenvalue weighted by atomic mass is 10.1. The molecule has 3 N–H and O–H groups in total. The summed E-state index contributed by atoms with van der Waals surface area (Å²) in [4.78, 5) is 14.6. The van der Waals surface area contributed by atoms with Crippen LogP contribution in [0.2, 0.25) is 0 Å². The number of nitrogens with zero attached hydrogens (tertiary/aromatic N) is 4. The predicted octanol–water partition coefficient (Wildman–Crippen LogP) is 5.39. The Bertz CT molecular complexity index is 1200. The van der Waals surface area contributed by atoms with Crippen molar-refractivity contribution in [3.05, 3.63) is 72.7 Å². The van der Waals surface area contributed by atoms with Crippen LogP contribution in [0, 0.1) is 0 Å². The predicted molar refractivity (Wildman–Crippen MR) is 146 cm³/mol. The summed E-state index contributed by atoms with van der Waals surface area (Å²) in [5.41, 5.74) is 9.23. The zero-order chi connectivity index (χ0) is 24.1. The highest BCUT2D eigenvalue weighted by molar-refractivity contribution is 7.18. The van der Waals surface area contributed by atoms with Gasteiger partial charge in [-0.3, -0.25) is 0 Å². The fourth-order valence-corrected chi connectivity index (χ4v) is 4.80. The maximum Gasteiger partial charge on any atom is 0.180 e. The highest BCUT2D eigenvalue weighted by atomic mass is 32.1. The molecule has 1 aromatic carbocycles. The molecule has 0 bridgehead atoms. The number of hydrogen-bond acceptors (Lipinski definition) is 7. The number of pyridine rings is 1. The van der Waals surface area contributed by atoms with Crippen molar-refractivity contribution in [2.75, 3.05) is 44.3 Å². The summed E-state index contributed by atoms with van der Waals surface area (Å²) in [6, 6.07) is 8.58. The Morgan fingerprint density at radius 3 is 2.65 bits per heavy atom. The minimum Gasteiger partial charge on any atom is -0.375 e. The van der Waals surface area contributed by atoms with Gasteiger partial charge in [0.15, 0.2) is 5.13 Å². The fourth-order valence-electron chi connectivity index (χ4n) is 4.12. The lowest BCUT2D eigenvalue weighted by molar-refractivity contribution is 0.190. The molecule has 1 fully saturated rings. The summed E-state index contributed by atoms with van der Waals surface area (Å²) >= 11 is 1.50. The average Bonchev–Trinajstić information content (AvgIpc) is 3.27. The van der Waals surface area contributed by atoms with E-state index in [0.717, 1.165) is 65.3 Å². The molecule has 0 spiro atoms. The van der Waals surface area contributed by atoms with E-state index in [-0.39, 0.29) is 6.04 Å². The van der Waals surface area contributed by atoms with E-state index in [4.69, 9.17) is 5.73 Å². The van der Waals surface area contributed by atoms with Crippen LogP contribution in [-0.4, -0.2) is 59.0 Å². The molecule has 3 aromatic rings. The number of piperazine rings is 1. The van der Waals surface area contributed by atoms with E-state index in [1.807, 2.05) is 12.4 Å². The number of anilines is 2. The minimum atomic E-state index is 0.117. The van der Waals surface area contributed by atoms with Gasteiger partial charge >= 0.3 is 0 Å². The normalized spacial score (nSPS) is 16.3. The minimum absolute atomic E-state index is 0.117. The molecule has 1 saturated heterocycles. The lowest BCUT2D eigenvalue weighted by Crippen LogP contribution is -2.43. The Morgan fingerprint density at radius 1 is 1.15 bits per heavy atom. The maximum absolute atomic E-state index is 5.82. The van der Waals surface area contributed by atoms with Crippen LogP contribution in [0.1, 0.15) is 20.3 Å². The van der Waals surface area contributed by atoms with E-state index in [1.165, 1.54) is 16.9 Å². The van der Waals surface area contributed by atoms with E-state index < -0.39 is 0 Å². The third kappa shape index (κ3) is 5.85. The van der Waals surface area contributed by atoms with Crippen molar-refractivity contribution in [1.82, 2.24) is 19.8 Å². The number of nitrogens with two attached hydrogens (primary N) is 1. The number of likely N-dealkylation sites (N-methyl/N-ethyl adjacent to an activating group) is 1. The molecule has 1 atom stereocenters. The molecule has 0 aliphatic carbocycles. The smallest absolute Gasteiger partial charge is 0.180 e. The molecule has 6 nitrogen and oxygen atoms in total. The number of benzene rings is 1. The highest BCUT2D eigenvalue weighted by Gasteiger charge is 2.14. The number of allylic oxidation sites excluding steroid dienone is 2. The van der Waals surface area contributed by atoms with Crippen LogP contribution >= 0.6 is 11.3 Å². The van der Waals surface area contributed by atoms with Crippen LogP contribution in [-0.2, 0) is 0 Å². The Hall–Kier alpha value is -3.16. The van der Waals surface area contributed by atoms with Gasteiger partial charge in [-0.15, -0.1) is 0 Å². The summed E-state index contributed by atoms with van der Waals surface area (Å²) in [6.07, 6.45) is 11.3. The van der Waals surface area contributed by atoms with Gasteiger partial charge in [0.05, 0.1) is 4.88 Å². The van der Waals surface area contributed by atoms with Crippen molar-refractivity contribution in [3.63, 3.8) is 0 Å². The summed E-state index contributed by atoms with van der Waals surface area (Å²) in [5, 5.41) is 6.40. The molecule has 1 unspecified atom stereocenters. The van der Waals surface area contributed by atoms with Crippen molar-refractivity contribution in [2.24, 2.45) is 0 Å². The molecular weight excluding hydrogens is 440 g/mol. The quantitative estimate of drug-likeness (QED) is 0.426. The SMILES string of the molecule is C=C(/C=C\C(=C/CC)C(C)Nc1cc2cc(-c3cnc(N)s3)ccc2cn1)N1CCN(C)CC1. The van der Waals surface area contributed by atoms with Crippen molar-refractivity contribution in [3.8, 4) is 10.4 Å². The van der Waals surface area contributed by atoms with Crippen molar-refractivity contribution in [1.29, 1.82) is 0 Å². The topological polar surface area (TPSA) is 70.3 Å². The zero-order valence-corrected chi connectivity index (χ0v) is 21.1. The van der Waals surface area contributed by atoms with E-state index in [0.29, 0.717) is 5.13 Å². The molecule has 1 aliphatic rings. The van der Waals surface area contributed by atoms with Crippen molar-refractivity contribution < 1.29 is 0 Å². The number of fused-ring (bicyclic) bond motifs is 1. The lowest BCUT2D eigenvalue weighted by Gasteiger charge is -2.34. The Labute approximate surface area is 206 Å². The van der Waals surface area contributed by atoms with Gasteiger partial charge in [-0.1, -0.05) is 49.1 Å². The monoisotopic (exact) mass is 474 g/mol. The zero-order valence-electron chi connectivity index (χ0n) is 20.3. The first-order valence-electron chi connectivity index (χ1n) is 11.8. The fraction of sp³-hybridized carbons (Fsp3) is 0.333. The second-order valence-electron chi connectivity index (χ2n) is 8.79. The molecule has 1 aliphatic heterocycles. The molecular formula is C27H34N6S. The summed E-state index contributed by atoms with van der Waals surface area (Å²) in [6.45, 7) is 12.8. The second-order valence-corrected chi connectivity index (χ2v) is 9.85. The number of aromatic nitrogens is 2. The molecule has 4 rings (SSSR count). The van der Waals surface area contributed by atoms with Gasteiger partial charge in [0.1, 0.15) is 5.82 Å². The largest absolute Gasteiger partial charge is 0.375 e. The van der Waals surface area contributed by atoms with E-state index in [2.05, 4.69) is 95.1 Å². The molecule has 178 valence electrons. The van der Waals surface area contributed by atoms with Crippen LogP contribution in [0.5, 0.6) is 0 Å². The molecule has 34 heavy (non-hydrogen) atoms. The number of nitrogens with one attached hydrogen (secondary N) is 1. The number of hydrogen-bond donors (Lipinski definition) is 2.